The minimum Gasteiger partial charge on any atom is -0.493 e. The Bertz CT molecular complexity index is 233. The normalized spacial score (nSPS) is 12.4. The largest absolute Gasteiger partial charge is 0.493 e. The smallest absolute Gasteiger partial charge is 0.119 e. The van der Waals surface area contributed by atoms with Crippen molar-refractivity contribution in [3.8, 4) is 5.75 Å². The highest BCUT2D eigenvalue weighted by atomic mass is 16.5. The quantitative estimate of drug-likeness (QED) is 0.753. The maximum absolute atomic E-state index is 8.66. The third-order valence-corrected chi connectivity index (χ3v) is 2.13. The molecule has 78 valence electrons. The van der Waals surface area contributed by atoms with Gasteiger partial charge < -0.3 is 9.84 Å². The fourth-order valence-corrected chi connectivity index (χ4v) is 1.28. The number of aliphatic hydroxyl groups is 1. The zero-order chi connectivity index (χ0) is 10.2. The Morgan fingerprint density at radius 1 is 1.29 bits per heavy atom. The van der Waals surface area contributed by atoms with Gasteiger partial charge in [-0.25, -0.2) is 0 Å². The van der Waals surface area contributed by atoms with E-state index in [0.717, 1.165) is 25.2 Å². The number of aliphatic hydroxyl groups excluding tert-OH is 1. The monoisotopic (exact) mass is 194 g/mol. The topological polar surface area (TPSA) is 29.5 Å². The average Bonchev–Trinajstić information content (AvgIpc) is 2.25. The van der Waals surface area contributed by atoms with Crippen LogP contribution in [0.1, 0.15) is 19.8 Å². The number of ether oxygens (including phenoxy) is 1. The summed E-state index contributed by atoms with van der Waals surface area (Å²) in [5.74, 6) is 1.42. The van der Waals surface area contributed by atoms with Crippen LogP contribution >= 0.6 is 0 Å². The average molecular weight is 194 g/mol. The fourth-order valence-electron chi connectivity index (χ4n) is 1.28. The Balaban J connectivity index is 2.20. The van der Waals surface area contributed by atoms with Gasteiger partial charge in [0, 0.05) is 6.61 Å². The second-order valence-corrected chi connectivity index (χ2v) is 3.60. The van der Waals surface area contributed by atoms with Crippen molar-refractivity contribution < 1.29 is 9.84 Å². The number of benzene rings is 1. The molecule has 0 spiro atoms. The van der Waals surface area contributed by atoms with Crippen molar-refractivity contribution in [2.45, 2.75) is 19.8 Å². The lowest BCUT2D eigenvalue weighted by Crippen LogP contribution is -2.08. The maximum atomic E-state index is 8.66. The first-order valence-electron chi connectivity index (χ1n) is 5.11. The van der Waals surface area contributed by atoms with Crippen LogP contribution in [-0.2, 0) is 0 Å². The molecule has 0 aliphatic heterocycles. The van der Waals surface area contributed by atoms with Gasteiger partial charge in [-0.3, -0.25) is 0 Å². The summed E-state index contributed by atoms with van der Waals surface area (Å²) < 4.78 is 5.58. The van der Waals surface area contributed by atoms with Crippen molar-refractivity contribution in [2.24, 2.45) is 5.92 Å². The molecule has 1 unspecified atom stereocenters. The molecular formula is C12H18O2. The molecule has 1 atom stereocenters. The number of rotatable bonds is 6. The highest BCUT2D eigenvalue weighted by Gasteiger charge is 2.02. The molecule has 1 N–H and O–H groups in total. The van der Waals surface area contributed by atoms with Crippen LogP contribution in [0.25, 0.3) is 0 Å². The van der Waals surface area contributed by atoms with Gasteiger partial charge in [-0.2, -0.15) is 0 Å². The molecule has 0 aliphatic rings. The Morgan fingerprint density at radius 2 is 2.00 bits per heavy atom. The Labute approximate surface area is 85.5 Å². The zero-order valence-electron chi connectivity index (χ0n) is 8.65. The van der Waals surface area contributed by atoms with Crippen LogP contribution in [-0.4, -0.2) is 18.3 Å². The van der Waals surface area contributed by atoms with Gasteiger partial charge >= 0.3 is 0 Å². The van der Waals surface area contributed by atoms with E-state index in [2.05, 4.69) is 6.92 Å². The first-order chi connectivity index (χ1) is 6.83. The molecule has 0 fully saturated rings. The molecule has 0 bridgehead atoms. The van der Waals surface area contributed by atoms with Crippen LogP contribution in [0.15, 0.2) is 30.3 Å². The number of para-hydroxylation sites is 1. The van der Waals surface area contributed by atoms with Crippen molar-refractivity contribution in [3.05, 3.63) is 30.3 Å². The molecule has 0 amide bonds. The van der Waals surface area contributed by atoms with Crippen LogP contribution in [0.3, 0.4) is 0 Å². The maximum Gasteiger partial charge on any atom is 0.119 e. The Kier molecular flexibility index (Phi) is 5.08. The Hall–Kier alpha value is -1.02. The summed E-state index contributed by atoms with van der Waals surface area (Å²) in [4.78, 5) is 0. The molecule has 0 radical (unpaired) electrons. The molecular weight excluding hydrogens is 176 g/mol. The van der Waals surface area contributed by atoms with Crippen LogP contribution in [0.5, 0.6) is 5.75 Å². The lowest BCUT2D eigenvalue weighted by atomic mass is 10.1. The van der Waals surface area contributed by atoms with E-state index in [9.17, 15) is 0 Å². The summed E-state index contributed by atoms with van der Waals surface area (Å²) in [6.07, 6.45) is 1.88. The van der Waals surface area contributed by atoms with Gasteiger partial charge in [0.1, 0.15) is 5.75 Å². The van der Waals surface area contributed by atoms with E-state index in [-0.39, 0.29) is 6.61 Å². The standard InChI is InChI=1S/C12H18O2/c1-11(6-5-9-13)10-14-12-7-3-2-4-8-12/h2-4,7-8,11,13H,5-6,9-10H2,1H3. The summed E-state index contributed by atoms with van der Waals surface area (Å²) in [5, 5.41) is 8.66. The zero-order valence-corrected chi connectivity index (χ0v) is 8.65. The molecule has 0 saturated heterocycles. The highest BCUT2D eigenvalue weighted by molar-refractivity contribution is 5.20. The van der Waals surface area contributed by atoms with Crippen molar-refractivity contribution >= 4 is 0 Å². The van der Waals surface area contributed by atoms with E-state index in [4.69, 9.17) is 9.84 Å². The summed E-state index contributed by atoms with van der Waals surface area (Å²) in [7, 11) is 0. The molecule has 2 nitrogen and oxygen atoms in total. The highest BCUT2D eigenvalue weighted by Crippen LogP contribution is 2.12. The molecule has 1 aromatic rings. The molecule has 0 saturated carbocycles. The van der Waals surface area contributed by atoms with Crippen molar-refractivity contribution in [2.75, 3.05) is 13.2 Å². The summed E-state index contributed by atoms with van der Waals surface area (Å²) in [6, 6.07) is 9.82. The second-order valence-electron chi connectivity index (χ2n) is 3.60. The van der Waals surface area contributed by atoms with Crippen LogP contribution in [0.4, 0.5) is 0 Å². The SMILES string of the molecule is CC(CCCO)COc1ccccc1. The lowest BCUT2D eigenvalue weighted by molar-refractivity contribution is 0.227. The van der Waals surface area contributed by atoms with E-state index >= 15 is 0 Å². The second kappa shape index (κ2) is 6.44. The summed E-state index contributed by atoms with van der Waals surface area (Å²) in [6.45, 7) is 3.14. The van der Waals surface area contributed by atoms with E-state index in [1.54, 1.807) is 0 Å². The molecule has 2 heteroatoms. The van der Waals surface area contributed by atoms with Gasteiger partial charge in [0.2, 0.25) is 0 Å². The van der Waals surface area contributed by atoms with Crippen molar-refractivity contribution in [3.63, 3.8) is 0 Å². The van der Waals surface area contributed by atoms with E-state index in [1.807, 2.05) is 30.3 Å². The van der Waals surface area contributed by atoms with Gasteiger partial charge in [-0.05, 0) is 30.9 Å². The molecule has 0 aromatic heterocycles. The molecule has 1 aromatic carbocycles. The van der Waals surface area contributed by atoms with Crippen molar-refractivity contribution in [1.82, 2.24) is 0 Å². The first kappa shape index (κ1) is 11.1. The van der Waals surface area contributed by atoms with E-state index in [1.165, 1.54) is 0 Å². The predicted molar refractivity (Wildman–Crippen MR) is 57.4 cm³/mol. The van der Waals surface area contributed by atoms with Gasteiger partial charge in [0.25, 0.3) is 0 Å². The van der Waals surface area contributed by atoms with Crippen molar-refractivity contribution in [1.29, 1.82) is 0 Å². The number of hydrogen-bond acceptors (Lipinski definition) is 2. The van der Waals surface area contributed by atoms with Gasteiger partial charge in [-0.15, -0.1) is 0 Å². The third-order valence-electron chi connectivity index (χ3n) is 2.13. The van der Waals surface area contributed by atoms with Crippen LogP contribution in [0.2, 0.25) is 0 Å². The third kappa shape index (κ3) is 4.28. The molecule has 0 heterocycles. The van der Waals surface area contributed by atoms with Crippen LogP contribution in [0, 0.1) is 5.92 Å². The minimum absolute atomic E-state index is 0.273. The van der Waals surface area contributed by atoms with Gasteiger partial charge in [0.05, 0.1) is 6.61 Å². The molecule has 0 aliphatic carbocycles. The summed E-state index contributed by atoms with van der Waals surface area (Å²) >= 11 is 0. The number of hydrogen-bond donors (Lipinski definition) is 1. The first-order valence-corrected chi connectivity index (χ1v) is 5.11. The summed E-state index contributed by atoms with van der Waals surface area (Å²) in [5.41, 5.74) is 0. The predicted octanol–water partition coefficient (Wildman–Crippen LogP) is 2.47. The molecule has 1 rings (SSSR count). The minimum atomic E-state index is 0.273. The van der Waals surface area contributed by atoms with E-state index < -0.39 is 0 Å². The van der Waals surface area contributed by atoms with Gasteiger partial charge in [0.15, 0.2) is 0 Å². The van der Waals surface area contributed by atoms with E-state index in [0.29, 0.717) is 5.92 Å². The van der Waals surface area contributed by atoms with Crippen LogP contribution < -0.4 is 4.74 Å². The lowest BCUT2D eigenvalue weighted by Gasteiger charge is -2.12. The van der Waals surface area contributed by atoms with Gasteiger partial charge in [-0.1, -0.05) is 25.1 Å². The fraction of sp³-hybridized carbons (Fsp3) is 0.500. The Morgan fingerprint density at radius 3 is 2.64 bits per heavy atom. The molecule has 14 heavy (non-hydrogen) atoms.